The predicted molar refractivity (Wildman–Crippen MR) is 55.6 cm³/mol. The number of halogens is 1. The van der Waals surface area contributed by atoms with E-state index in [1.54, 1.807) is 0 Å². The summed E-state index contributed by atoms with van der Waals surface area (Å²) >= 11 is 5.98. The van der Waals surface area contributed by atoms with Crippen molar-refractivity contribution >= 4 is 11.6 Å². The van der Waals surface area contributed by atoms with Gasteiger partial charge in [0.05, 0.1) is 0 Å². The second-order valence-corrected chi connectivity index (χ2v) is 4.60. The minimum Gasteiger partial charge on any atom is -0.126 e. The molecule has 1 aliphatic carbocycles. The third-order valence-electron chi connectivity index (χ3n) is 2.96. The molecule has 0 aromatic rings. The van der Waals surface area contributed by atoms with Crippen LogP contribution in [0.1, 0.15) is 39.0 Å². The van der Waals surface area contributed by atoms with Crippen LogP contribution in [0.15, 0.2) is 12.7 Å². The van der Waals surface area contributed by atoms with Gasteiger partial charge in [0.25, 0.3) is 0 Å². The molecule has 1 aliphatic rings. The molecular weight excluding hydrogens is 168 g/mol. The van der Waals surface area contributed by atoms with Crippen LogP contribution in [0.2, 0.25) is 0 Å². The number of hydrogen-bond donors (Lipinski definition) is 0. The lowest BCUT2D eigenvalue weighted by Crippen LogP contribution is -2.37. The van der Waals surface area contributed by atoms with Gasteiger partial charge >= 0.3 is 0 Å². The van der Waals surface area contributed by atoms with Gasteiger partial charge in [-0.15, -0.1) is 18.2 Å². The monoisotopic (exact) mass is 186 g/mol. The molecule has 0 atom stereocenters. The van der Waals surface area contributed by atoms with Crippen LogP contribution in [0.5, 0.6) is 0 Å². The molecule has 0 unspecified atom stereocenters. The van der Waals surface area contributed by atoms with Crippen LogP contribution in [-0.4, -0.2) is 5.88 Å². The van der Waals surface area contributed by atoms with Gasteiger partial charge in [0, 0.05) is 5.88 Å². The van der Waals surface area contributed by atoms with E-state index in [-0.39, 0.29) is 0 Å². The molecule has 0 spiro atoms. The highest BCUT2D eigenvalue weighted by Crippen LogP contribution is 2.49. The minimum atomic E-state index is 0.504. The Bertz CT molecular complexity index is 145. The van der Waals surface area contributed by atoms with Crippen LogP contribution in [0.25, 0.3) is 0 Å². The van der Waals surface area contributed by atoms with Crippen molar-refractivity contribution < 1.29 is 0 Å². The average Bonchev–Trinajstić information content (AvgIpc) is 2.01. The zero-order chi connectivity index (χ0) is 9.03. The first-order valence-corrected chi connectivity index (χ1v) is 5.43. The van der Waals surface area contributed by atoms with Crippen molar-refractivity contribution in [2.75, 3.05) is 5.88 Å². The molecule has 0 heterocycles. The maximum Gasteiger partial charge on any atom is 0.0280 e. The van der Waals surface area contributed by atoms with E-state index in [4.69, 9.17) is 11.6 Å². The Kier molecular flexibility index (Phi) is 3.64. The molecule has 0 saturated heterocycles. The van der Waals surface area contributed by atoms with E-state index < -0.39 is 0 Å². The van der Waals surface area contributed by atoms with E-state index in [0.29, 0.717) is 5.41 Å². The fourth-order valence-corrected chi connectivity index (χ4v) is 2.77. The molecule has 0 N–H and O–H groups in total. The van der Waals surface area contributed by atoms with Crippen molar-refractivity contribution in [1.82, 2.24) is 0 Å². The largest absolute Gasteiger partial charge is 0.126 e. The van der Waals surface area contributed by atoms with Crippen molar-refractivity contribution in [3.8, 4) is 0 Å². The molecule has 0 aromatic heterocycles. The first kappa shape index (κ1) is 10.1. The Hall–Kier alpha value is 0.0300. The Morgan fingerprint density at radius 3 is 2.67 bits per heavy atom. The van der Waals surface area contributed by atoms with E-state index in [1.807, 2.05) is 6.08 Å². The molecule has 1 fully saturated rings. The molecule has 1 saturated carbocycles. The SMILES string of the molecule is C=CCCCC1(CCl)CC(C)C1. The molecule has 0 aliphatic heterocycles. The Balaban J connectivity index is 2.22. The summed E-state index contributed by atoms with van der Waals surface area (Å²) < 4.78 is 0. The lowest BCUT2D eigenvalue weighted by atomic mass is 9.61. The summed E-state index contributed by atoms with van der Waals surface area (Å²) in [6, 6.07) is 0. The summed E-state index contributed by atoms with van der Waals surface area (Å²) in [6.07, 6.45) is 8.40. The molecule has 70 valence electrons. The molecule has 12 heavy (non-hydrogen) atoms. The first-order valence-electron chi connectivity index (χ1n) is 4.89. The van der Waals surface area contributed by atoms with Gasteiger partial charge in [-0.25, -0.2) is 0 Å². The number of allylic oxidation sites excluding steroid dienone is 1. The molecular formula is C11H19Cl. The van der Waals surface area contributed by atoms with Crippen molar-refractivity contribution in [2.45, 2.75) is 39.0 Å². The lowest BCUT2D eigenvalue weighted by Gasteiger charge is -2.45. The van der Waals surface area contributed by atoms with Gasteiger partial charge in [-0.2, -0.15) is 0 Å². The minimum absolute atomic E-state index is 0.504. The smallest absolute Gasteiger partial charge is 0.0280 e. The summed E-state index contributed by atoms with van der Waals surface area (Å²) in [7, 11) is 0. The number of rotatable bonds is 5. The highest BCUT2D eigenvalue weighted by molar-refractivity contribution is 6.18. The maximum absolute atomic E-state index is 5.98. The molecule has 0 radical (unpaired) electrons. The summed E-state index contributed by atoms with van der Waals surface area (Å²) in [4.78, 5) is 0. The molecule has 0 nitrogen and oxygen atoms in total. The molecule has 0 amide bonds. The van der Waals surface area contributed by atoms with Gasteiger partial charge in [-0.05, 0) is 43.4 Å². The maximum atomic E-state index is 5.98. The van der Waals surface area contributed by atoms with E-state index in [9.17, 15) is 0 Å². The van der Waals surface area contributed by atoms with Crippen LogP contribution in [0.3, 0.4) is 0 Å². The fraction of sp³-hybridized carbons (Fsp3) is 0.818. The second kappa shape index (κ2) is 4.32. The highest BCUT2D eigenvalue weighted by atomic mass is 35.5. The van der Waals surface area contributed by atoms with Gasteiger partial charge in [0.15, 0.2) is 0 Å². The number of hydrogen-bond acceptors (Lipinski definition) is 0. The van der Waals surface area contributed by atoms with Crippen LogP contribution in [0, 0.1) is 11.3 Å². The molecule has 1 rings (SSSR count). The quantitative estimate of drug-likeness (QED) is 0.346. The standard InChI is InChI=1S/C11H19Cl/c1-3-4-5-6-11(9-12)7-10(2)8-11/h3,10H,1,4-9H2,2H3. The van der Waals surface area contributed by atoms with Crippen molar-refractivity contribution in [2.24, 2.45) is 11.3 Å². The normalized spacial score (nSPS) is 34.3. The third-order valence-corrected chi connectivity index (χ3v) is 3.53. The topological polar surface area (TPSA) is 0 Å². The summed E-state index contributed by atoms with van der Waals surface area (Å²) in [5, 5.41) is 0. The molecule has 0 aromatic carbocycles. The van der Waals surface area contributed by atoms with Crippen LogP contribution in [0.4, 0.5) is 0 Å². The number of unbranched alkanes of at least 4 members (excludes halogenated alkanes) is 1. The lowest BCUT2D eigenvalue weighted by molar-refractivity contribution is 0.0794. The summed E-state index contributed by atoms with van der Waals surface area (Å²) in [6.45, 7) is 6.05. The molecule has 1 heteroatoms. The van der Waals surface area contributed by atoms with Crippen LogP contribution in [-0.2, 0) is 0 Å². The highest BCUT2D eigenvalue weighted by Gasteiger charge is 2.40. The van der Waals surface area contributed by atoms with E-state index in [2.05, 4.69) is 13.5 Å². The second-order valence-electron chi connectivity index (χ2n) is 4.33. The fourth-order valence-electron chi connectivity index (χ4n) is 2.42. The van der Waals surface area contributed by atoms with E-state index in [1.165, 1.54) is 25.7 Å². The number of alkyl halides is 1. The zero-order valence-corrected chi connectivity index (χ0v) is 8.74. The average molecular weight is 187 g/mol. The van der Waals surface area contributed by atoms with Gasteiger partial charge in [0.2, 0.25) is 0 Å². The Labute approximate surface area is 81.0 Å². The van der Waals surface area contributed by atoms with Gasteiger partial charge in [-0.1, -0.05) is 13.0 Å². The third kappa shape index (κ3) is 2.26. The summed E-state index contributed by atoms with van der Waals surface area (Å²) in [5.74, 6) is 1.77. The van der Waals surface area contributed by atoms with Crippen molar-refractivity contribution in [1.29, 1.82) is 0 Å². The first-order chi connectivity index (χ1) is 5.72. The van der Waals surface area contributed by atoms with E-state index >= 15 is 0 Å². The predicted octanol–water partition coefficient (Wildman–Crippen LogP) is 4.00. The Morgan fingerprint density at radius 1 is 1.58 bits per heavy atom. The Morgan fingerprint density at radius 2 is 2.25 bits per heavy atom. The summed E-state index contributed by atoms with van der Waals surface area (Å²) in [5.41, 5.74) is 0.504. The van der Waals surface area contributed by atoms with Gasteiger partial charge < -0.3 is 0 Å². The van der Waals surface area contributed by atoms with Gasteiger partial charge in [0.1, 0.15) is 0 Å². The van der Waals surface area contributed by atoms with Crippen molar-refractivity contribution in [3.63, 3.8) is 0 Å². The van der Waals surface area contributed by atoms with Crippen LogP contribution < -0.4 is 0 Å². The zero-order valence-electron chi connectivity index (χ0n) is 7.98. The molecule has 0 bridgehead atoms. The van der Waals surface area contributed by atoms with Crippen molar-refractivity contribution in [3.05, 3.63) is 12.7 Å². The van der Waals surface area contributed by atoms with Crippen LogP contribution >= 0.6 is 11.6 Å². The van der Waals surface area contributed by atoms with E-state index in [0.717, 1.165) is 18.2 Å². The van der Waals surface area contributed by atoms with Gasteiger partial charge in [-0.3, -0.25) is 0 Å².